The number of amides is 1. The Morgan fingerprint density at radius 1 is 0.970 bits per heavy atom. The van der Waals surface area contributed by atoms with E-state index in [1.807, 2.05) is 18.2 Å². The highest BCUT2D eigenvalue weighted by molar-refractivity contribution is 5.93. The van der Waals surface area contributed by atoms with Crippen LogP contribution in [0.25, 0.3) is 17.0 Å². The summed E-state index contributed by atoms with van der Waals surface area (Å²) in [4.78, 5) is 25.8. The molecule has 4 aromatic rings. The molecule has 5 rings (SSSR count). The number of pyridine rings is 1. The van der Waals surface area contributed by atoms with Gasteiger partial charge in [0.05, 0.1) is 12.4 Å². The predicted molar refractivity (Wildman–Crippen MR) is 115 cm³/mol. The summed E-state index contributed by atoms with van der Waals surface area (Å²) >= 11 is 0. The Bertz CT molecular complexity index is 1260. The third-order valence-corrected chi connectivity index (χ3v) is 5.41. The van der Waals surface area contributed by atoms with Crippen LogP contribution in [0.15, 0.2) is 61.1 Å². The molecule has 0 bridgehead atoms. The maximum absolute atomic E-state index is 13.4. The van der Waals surface area contributed by atoms with Crippen LogP contribution >= 0.6 is 0 Å². The number of carbonyl (C=O) groups excluding carboxylic acids is 1. The highest BCUT2D eigenvalue weighted by Gasteiger charge is 2.26. The average Bonchev–Trinajstić information content (AvgIpc) is 3.29. The number of halogens is 2. The first kappa shape index (κ1) is 20.7. The lowest BCUT2D eigenvalue weighted by molar-refractivity contribution is -0.0498. The molecule has 1 amide bonds. The summed E-state index contributed by atoms with van der Waals surface area (Å²) in [5.41, 5.74) is 1.34. The van der Waals surface area contributed by atoms with Gasteiger partial charge in [0.25, 0.3) is 5.91 Å². The van der Waals surface area contributed by atoms with Crippen molar-refractivity contribution in [2.75, 3.05) is 31.1 Å². The number of rotatable bonds is 5. The normalized spacial score (nSPS) is 14.2. The van der Waals surface area contributed by atoms with Gasteiger partial charge in [0, 0.05) is 37.9 Å². The fourth-order valence-corrected chi connectivity index (χ4v) is 3.81. The number of hydrogen-bond donors (Lipinski definition) is 0. The van der Waals surface area contributed by atoms with Crippen LogP contribution < -0.4 is 9.64 Å². The van der Waals surface area contributed by atoms with E-state index in [4.69, 9.17) is 0 Å². The summed E-state index contributed by atoms with van der Waals surface area (Å²) in [6.45, 7) is -0.524. The number of anilines is 1. The SMILES string of the molecule is O=C(c1cncc2nnc(-c3ccc(OC(F)F)cc3)n12)N1CCN(c2ccccn2)CC1. The maximum atomic E-state index is 13.4. The summed E-state index contributed by atoms with van der Waals surface area (Å²) in [5.74, 6) is 1.14. The number of alkyl halides is 2. The second-order valence-electron chi connectivity index (χ2n) is 7.38. The Kier molecular flexibility index (Phi) is 5.51. The summed E-state index contributed by atoms with van der Waals surface area (Å²) in [6.07, 6.45) is 4.75. The predicted octanol–water partition coefficient (Wildman–Crippen LogP) is 2.75. The molecule has 168 valence electrons. The van der Waals surface area contributed by atoms with E-state index in [0.29, 0.717) is 48.9 Å². The number of fused-ring (bicyclic) bond motifs is 1. The first-order valence-electron chi connectivity index (χ1n) is 10.3. The van der Waals surface area contributed by atoms with Crippen molar-refractivity contribution in [1.29, 1.82) is 0 Å². The molecule has 4 heterocycles. The van der Waals surface area contributed by atoms with E-state index in [2.05, 4.69) is 29.8 Å². The van der Waals surface area contributed by atoms with E-state index in [0.717, 1.165) is 5.82 Å². The zero-order valence-electron chi connectivity index (χ0n) is 17.4. The topological polar surface area (TPSA) is 88.7 Å². The Morgan fingerprint density at radius 3 is 2.45 bits per heavy atom. The Hall–Kier alpha value is -4.15. The molecule has 0 aliphatic carbocycles. The van der Waals surface area contributed by atoms with Crippen LogP contribution in [-0.4, -0.2) is 68.2 Å². The first-order valence-corrected chi connectivity index (χ1v) is 10.3. The number of ether oxygens (including phenoxy) is 1. The number of piperazine rings is 1. The van der Waals surface area contributed by atoms with Crippen LogP contribution in [0.5, 0.6) is 5.75 Å². The minimum absolute atomic E-state index is 0.0336. The zero-order chi connectivity index (χ0) is 22.8. The molecule has 0 spiro atoms. The molecular formula is C22H19F2N7O2. The highest BCUT2D eigenvalue weighted by Crippen LogP contribution is 2.24. The molecule has 0 N–H and O–H groups in total. The van der Waals surface area contributed by atoms with E-state index >= 15 is 0 Å². The van der Waals surface area contributed by atoms with Crippen molar-refractivity contribution in [3.63, 3.8) is 0 Å². The molecule has 1 aliphatic rings. The van der Waals surface area contributed by atoms with Crippen LogP contribution in [0.2, 0.25) is 0 Å². The van der Waals surface area contributed by atoms with Gasteiger partial charge in [-0.1, -0.05) is 6.07 Å². The fraction of sp³-hybridized carbons (Fsp3) is 0.227. The molecule has 1 aromatic carbocycles. The molecule has 3 aromatic heterocycles. The minimum Gasteiger partial charge on any atom is -0.435 e. The van der Waals surface area contributed by atoms with Gasteiger partial charge in [0.2, 0.25) is 0 Å². The lowest BCUT2D eigenvalue weighted by Gasteiger charge is -2.35. The monoisotopic (exact) mass is 451 g/mol. The molecule has 0 saturated carbocycles. The average molecular weight is 451 g/mol. The molecular weight excluding hydrogens is 432 g/mol. The van der Waals surface area contributed by atoms with Crippen molar-refractivity contribution in [3.05, 3.63) is 66.7 Å². The van der Waals surface area contributed by atoms with E-state index in [9.17, 15) is 13.6 Å². The number of benzene rings is 1. The van der Waals surface area contributed by atoms with Gasteiger partial charge in [0.15, 0.2) is 11.5 Å². The number of hydrogen-bond acceptors (Lipinski definition) is 7. The molecule has 0 unspecified atom stereocenters. The molecule has 1 fully saturated rings. The molecule has 1 saturated heterocycles. The van der Waals surface area contributed by atoms with Crippen LogP contribution in [0.4, 0.5) is 14.6 Å². The van der Waals surface area contributed by atoms with Crippen LogP contribution in [0, 0.1) is 0 Å². The van der Waals surface area contributed by atoms with E-state index in [-0.39, 0.29) is 11.7 Å². The van der Waals surface area contributed by atoms with Gasteiger partial charge in [-0.15, -0.1) is 10.2 Å². The summed E-state index contributed by atoms with van der Waals surface area (Å²) in [5, 5.41) is 8.31. The van der Waals surface area contributed by atoms with Gasteiger partial charge in [-0.3, -0.25) is 14.2 Å². The summed E-state index contributed by atoms with van der Waals surface area (Å²) < 4.78 is 30.9. The first-order chi connectivity index (χ1) is 16.1. The van der Waals surface area contributed by atoms with E-state index in [1.165, 1.54) is 24.5 Å². The zero-order valence-corrected chi connectivity index (χ0v) is 17.4. The van der Waals surface area contributed by atoms with Gasteiger partial charge >= 0.3 is 6.61 Å². The Morgan fingerprint density at radius 2 is 1.76 bits per heavy atom. The number of carbonyl (C=O) groups is 1. The highest BCUT2D eigenvalue weighted by atomic mass is 19.3. The summed E-state index contributed by atoms with van der Waals surface area (Å²) in [7, 11) is 0. The number of nitrogens with zero attached hydrogens (tertiary/aromatic N) is 7. The van der Waals surface area contributed by atoms with Crippen LogP contribution in [0.1, 0.15) is 10.5 Å². The van der Waals surface area contributed by atoms with Crippen molar-refractivity contribution >= 4 is 17.4 Å². The molecule has 0 radical (unpaired) electrons. The second-order valence-corrected chi connectivity index (χ2v) is 7.38. The Labute approximate surface area is 187 Å². The fourth-order valence-electron chi connectivity index (χ4n) is 3.81. The van der Waals surface area contributed by atoms with Crippen LogP contribution in [-0.2, 0) is 0 Å². The lowest BCUT2D eigenvalue weighted by Crippen LogP contribution is -2.49. The molecule has 0 atom stereocenters. The quantitative estimate of drug-likeness (QED) is 0.461. The third kappa shape index (κ3) is 4.16. The van der Waals surface area contributed by atoms with Crippen molar-refractivity contribution < 1.29 is 18.3 Å². The van der Waals surface area contributed by atoms with Crippen molar-refractivity contribution in [2.24, 2.45) is 0 Å². The minimum atomic E-state index is -2.90. The summed E-state index contributed by atoms with van der Waals surface area (Å²) in [6, 6.07) is 11.8. The largest absolute Gasteiger partial charge is 0.435 e. The molecule has 11 heteroatoms. The third-order valence-electron chi connectivity index (χ3n) is 5.41. The van der Waals surface area contributed by atoms with Crippen molar-refractivity contribution in [3.8, 4) is 17.1 Å². The molecule has 1 aliphatic heterocycles. The number of aromatic nitrogens is 5. The Balaban J connectivity index is 1.40. The maximum Gasteiger partial charge on any atom is 0.387 e. The van der Waals surface area contributed by atoms with Gasteiger partial charge < -0.3 is 14.5 Å². The van der Waals surface area contributed by atoms with E-state index < -0.39 is 6.61 Å². The standard InChI is InChI=1S/C22H19F2N7O2/c23-22(24)33-16-6-4-15(5-7-16)20-28-27-19-14-25-13-17(31(19)20)21(32)30-11-9-29(10-12-30)18-3-1-2-8-26-18/h1-8,13-14,22H,9-12H2. The van der Waals surface area contributed by atoms with E-state index in [1.54, 1.807) is 27.6 Å². The molecule has 9 nitrogen and oxygen atoms in total. The molecule has 33 heavy (non-hydrogen) atoms. The second kappa shape index (κ2) is 8.77. The van der Waals surface area contributed by atoms with Gasteiger partial charge in [-0.25, -0.2) is 4.98 Å². The van der Waals surface area contributed by atoms with Crippen LogP contribution in [0.3, 0.4) is 0 Å². The van der Waals surface area contributed by atoms with Gasteiger partial charge in [0.1, 0.15) is 17.3 Å². The van der Waals surface area contributed by atoms with Crippen molar-refractivity contribution in [2.45, 2.75) is 6.61 Å². The lowest BCUT2D eigenvalue weighted by atomic mass is 10.2. The van der Waals surface area contributed by atoms with Gasteiger partial charge in [-0.2, -0.15) is 8.78 Å². The smallest absolute Gasteiger partial charge is 0.387 e. The van der Waals surface area contributed by atoms with Crippen molar-refractivity contribution in [1.82, 2.24) is 29.5 Å². The van der Waals surface area contributed by atoms with Gasteiger partial charge in [-0.05, 0) is 36.4 Å².